The van der Waals surface area contributed by atoms with E-state index in [-0.39, 0.29) is 23.8 Å². The van der Waals surface area contributed by atoms with Gasteiger partial charge in [0.1, 0.15) is 5.82 Å². The van der Waals surface area contributed by atoms with Crippen molar-refractivity contribution < 1.29 is 14.0 Å². The van der Waals surface area contributed by atoms with Crippen molar-refractivity contribution in [2.24, 2.45) is 5.73 Å². The van der Waals surface area contributed by atoms with Crippen molar-refractivity contribution in [3.63, 3.8) is 0 Å². The fourth-order valence-electron chi connectivity index (χ4n) is 4.39. The molecule has 0 radical (unpaired) electrons. The smallest absolute Gasteiger partial charge is 0.316 e. The van der Waals surface area contributed by atoms with Crippen molar-refractivity contribution in [1.29, 1.82) is 0 Å². The summed E-state index contributed by atoms with van der Waals surface area (Å²) in [6, 6.07) is 10.9. The lowest BCUT2D eigenvalue weighted by Gasteiger charge is -2.50. The summed E-state index contributed by atoms with van der Waals surface area (Å²) in [6.45, 7) is 3.61. The first-order valence-corrected chi connectivity index (χ1v) is 10.8. The van der Waals surface area contributed by atoms with E-state index < -0.39 is 6.03 Å². The molecule has 2 heterocycles. The molecule has 2 atom stereocenters. The minimum absolute atomic E-state index is 0.0357. The van der Waals surface area contributed by atoms with Gasteiger partial charge in [0.25, 0.3) is 0 Å². The Bertz CT molecular complexity index is 1020. The first kappa shape index (κ1) is 22.3. The highest BCUT2D eigenvalue weighted by molar-refractivity contribution is 6.31. The summed E-state index contributed by atoms with van der Waals surface area (Å²) in [4.78, 5) is 28.6. The zero-order valence-electron chi connectivity index (χ0n) is 17.4. The number of primary amides is 1. The molecule has 0 spiro atoms. The average Bonchev–Trinajstić information content (AvgIpc) is 2.73. The Morgan fingerprint density at radius 1 is 1.16 bits per heavy atom. The van der Waals surface area contributed by atoms with Crippen molar-refractivity contribution in [1.82, 2.24) is 15.1 Å². The number of piperazine rings is 2. The van der Waals surface area contributed by atoms with Gasteiger partial charge in [-0.1, -0.05) is 29.8 Å². The van der Waals surface area contributed by atoms with Crippen LogP contribution >= 0.6 is 11.6 Å². The number of carbonyl (C=O) groups excluding carboxylic acids is 2. The molecule has 0 saturated carbocycles. The molecule has 2 aliphatic heterocycles. The van der Waals surface area contributed by atoms with Gasteiger partial charge in [-0.3, -0.25) is 9.69 Å². The molecule has 4 N–H and O–H groups in total. The van der Waals surface area contributed by atoms with Crippen LogP contribution in [0.3, 0.4) is 0 Å². The number of nitrogens with zero attached hydrogens (tertiary/aromatic N) is 2. The van der Waals surface area contributed by atoms with Crippen LogP contribution in [-0.4, -0.2) is 60.0 Å². The predicted octanol–water partition coefficient (Wildman–Crippen LogP) is 2.67. The molecule has 0 aliphatic carbocycles. The number of hydrogen-bond donors (Lipinski definition) is 3. The largest absolute Gasteiger partial charge is 0.351 e. The second-order valence-corrected chi connectivity index (χ2v) is 8.52. The summed E-state index contributed by atoms with van der Waals surface area (Å²) < 4.78 is 13.2. The van der Waals surface area contributed by atoms with E-state index >= 15 is 0 Å². The molecular formula is C23H25ClFN5O2. The number of amides is 3. The van der Waals surface area contributed by atoms with Crippen LogP contribution in [0.25, 0.3) is 6.08 Å². The summed E-state index contributed by atoms with van der Waals surface area (Å²) >= 11 is 6.01. The molecule has 2 aliphatic rings. The summed E-state index contributed by atoms with van der Waals surface area (Å²) in [5, 5.41) is 6.39. The molecule has 2 saturated heterocycles. The summed E-state index contributed by atoms with van der Waals surface area (Å²) in [5.41, 5.74) is 7.36. The second kappa shape index (κ2) is 9.68. The van der Waals surface area contributed by atoms with E-state index in [0.717, 1.165) is 25.2 Å². The molecule has 0 aromatic heterocycles. The molecule has 7 nitrogen and oxygen atoms in total. The van der Waals surface area contributed by atoms with E-state index in [0.29, 0.717) is 29.4 Å². The van der Waals surface area contributed by atoms with Gasteiger partial charge in [-0.25, -0.2) is 9.18 Å². The zero-order chi connectivity index (χ0) is 22.7. The molecule has 2 bridgehead atoms. The van der Waals surface area contributed by atoms with Gasteiger partial charge in [0.2, 0.25) is 5.91 Å². The Hall–Kier alpha value is -2.94. The van der Waals surface area contributed by atoms with E-state index in [1.54, 1.807) is 36.4 Å². The lowest BCUT2D eigenvalue weighted by Crippen LogP contribution is -2.68. The van der Waals surface area contributed by atoms with Gasteiger partial charge in [0.05, 0.1) is 17.8 Å². The van der Waals surface area contributed by atoms with Crippen LogP contribution in [0, 0.1) is 5.82 Å². The van der Waals surface area contributed by atoms with Crippen LogP contribution in [0.15, 0.2) is 48.5 Å². The summed E-state index contributed by atoms with van der Waals surface area (Å²) in [5.74, 6) is -0.324. The Kier molecular flexibility index (Phi) is 6.74. The topological polar surface area (TPSA) is 90.7 Å². The molecule has 32 heavy (non-hydrogen) atoms. The minimum Gasteiger partial charge on any atom is -0.351 e. The third kappa shape index (κ3) is 5.27. The number of nitrogens with one attached hydrogen (secondary N) is 2. The third-order valence-corrected chi connectivity index (χ3v) is 5.97. The Morgan fingerprint density at radius 2 is 1.84 bits per heavy atom. The van der Waals surface area contributed by atoms with E-state index in [9.17, 15) is 14.0 Å². The fraction of sp³-hybridized carbons (Fsp3) is 0.304. The maximum atomic E-state index is 13.2. The van der Waals surface area contributed by atoms with Gasteiger partial charge in [-0.15, -0.1) is 0 Å². The molecule has 2 unspecified atom stereocenters. The van der Waals surface area contributed by atoms with Crippen LogP contribution < -0.4 is 16.4 Å². The highest BCUT2D eigenvalue weighted by Gasteiger charge is 2.39. The van der Waals surface area contributed by atoms with Crippen molar-refractivity contribution >= 4 is 35.3 Å². The standard InChI is InChI=1S/C23H25ClFN5O2/c24-17-5-3-16(21(9-17)28-23(26)32)4-8-22(31)30-19-10-27-11-20(30)14-29(13-19)12-15-1-6-18(25)7-2-15/h1-9,19-20,27H,10-14H2,(H3,26,28,32). The lowest BCUT2D eigenvalue weighted by atomic mass is 10.0. The van der Waals surface area contributed by atoms with Crippen molar-refractivity contribution in [3.8, 4) is 0 Å². The molecule has 4 rings (SSSR count). The number of urea groups is 1. The van der Waals surface area contributed by atoms with Gasteiger partial charge >= 0.3 is 6.03 Å². The van der Waals surface area contributed by atoms with Crippen LogP contribution in [0.2, 0.25) is 5.02 Å². The van der Waals surface area contributed by atoms with Crippen LogP contribution in [0.1, 0.15) is 11.1 Å². The molecule has 2 fully saturated rings. The number of nitrogens with two attached hydrogens (primary N) is 1. The molecular weight excluding hydrogens is 433 g/mol. The van der Waals surface area contributed by atoms with Crippen LogP contribution in [0.5, 0.6) is 0 Å². The number of carbonyl (C=O) groups is 2. The Labute approximate surface area is 191 Å². The number of hydrogen-bond acceptors (Lipinski definition) is 4. The minimum atomic E-state index is -0.703. The monoisotopic (exact) mass is 457 g/mol. The van der Waals surface area contributed by atoms with E-state index in [4.69, 9.17) is 17.3 Å². The second-order valence-electron chi connectivity index (χ2n) is 8.09. The summed E-state index contributed by atoms with van der Waals surface area (Å²) in [6.07, 6.45) is 3.19. The van der Waals surface area contributed by atoms with Gasteiger partial charge in [0.15, 0.2) is 0 Å². The third-order valence-electron chi connectivity index (χ3n) is 5.74. The number of benzene rings is 2. The number of halogens is 2. The first-order valence-electron chi connectivity index (χ1n) is 10.4. The van der Waals surface area contributed by atoms with Gasteiger partial charge in [-0.05, 0) is 41.5 Å². The van der Waals surface area contributed by atoms with E-state index in [1.165, 1.54) is 18.2 Å². The average molecular weight is 458 g/mol. The van der Waals surface area contributed by atoms with Crippen molar-refractivity contribution in [2.75, 3.05) is 31.5 Å². The molecule has 2 aromatic rings. The normalized spacial score (nSPS) is 21.0. The maximum absolute atomic E-state index is 13.2. The quantitative estimate of drug-likeness (QED) is 0.602. The SMILES string of the molecule is NC(=O)Nc1cc(Cl)ccc1C=CC(=O)N1C2CNCC1CN(Cc1ccc(F)cc1)C2. The Morgan fingerprint density at radius 3 is 2.50 bits per heavy atom. The molecule has 2 aromatic carbocycles. The van der Waals surface area contributed by atoms with E-state index in [2.05, 4.69) is 15.5 Å². The maximum Gasteiger partial charge on any atom is 0.316 e. The predicted molar refractivity (Wildman–Crippen MR) is 123 cm³/mol. The number of fused-ring (bicyclic) bond motifs is 2. The van der Waals surface area contributed by atoms with E-state index in [1.807, 2.05) is 4.90 Å². The zero-order valence-corrected chi connectivity index (χ0v) is 18.2. The first-order chi connectivity index (χ1) is 15.4. The van der Waals surface area contributed by atoms with Crippen molar-refractivity contribution in [3.05, 3.63) is 70.5 Å². The van der Waals surface area contributed by atoms with Crippen molar-refractivity contribution in [2.45, 2.75) is 18.6 Å². The lowest BCUT2D eigenvalue weighted by molar-refractivity contribution is -0.136. The number of anilines is 1. The Balaban J connectivity index is 1.45. The van der Waals surface area contributed by atoms with Crippen LogP contribution in [-0.2, 0) is 11.3 Å². The fourth-order valence-corrected chi connectivity index (χ4v) is 4.56. The highest BCUT2D eigenvalue weighted by atomic mass is 35.5. The highest BCUT2D eigenvalue weighted by Crippen LogP contribution is 2.24. The number of rotatable bonds is 5. The van der Waals surface area contributed by atoms with Gasteiger partial charge < -0.3 is 21.3 Å². The van der Waals surface area contributed by atoms with Gasteiger partial charge in [-0.2, -0.15) is 0 Å². The van der Waals surface area contributed by atoms with Gasteiger partial charge in [0, 0.05) is 43.8 Å². The summed E-state index contributed by atoms with van der Waals surface area (Å²) in [7, 11) is 0. The van der Waals surface area contributed by atoms with Crippen LogP contribution in [0.4, 0.5) is 14.9 Å². The molecule has 3 amide bonds. The molecule has 168 valence electrons. The molecule has 9 heteroatoms.